The Morgan fingerprint density at radius 2 is 2.19 bits per heavy atom. The molecule has 0 spiro atoms. The minimum atomic E-state index is 0.577. The van der Waals surface area contributed by atoms with Crippen LogP contribution in [0.5, 0.6) is 0 Å². The molecule has 0 aliphatic carbocycles. The van der Waals surface area contributed by atoms with Gasteiger partial charge in [-0.2, -0.15) is 11.8 Å². The van der Waals surface area contributed by atoms with E-state index < -0.39 is 0 Å². The van der Waals surface area contributed by atoms with Gasteiger partial charge in [-0.1, -0.05) is 6.92 Å². The lowest BCUT2D eigenvalue weighted by Crippen LogP contribution is -2.47. The Bertz CT molecular complexity index is 194. The first-order valence-electron chi connectivity index (χ1n) is 6.85. The molecule has 2 rings (SSSR count). The molecule has 0 aromatic heterocycles. The van der Waals surface area contributed by atoms with Gasteiger partial charge in [-0.3, -0.25) is 0 Å². The Labute approximate surface area is 105 Å². The summed E-state index contributed by atoms with van der Waals surface area (Å²) in [7, 11) is 0. The molecule has 0 radical (unpaired) electrons. The lowest BCUT2D eigenvalue weighted by atomic mass is 9.78. The number of hydrogen-bond donors (Lipinski definition) is 1. The maximum Gasteiger partial charge on any atom is 0.00726 e. The summed E-state index contributed by atoms with van der Waals surface area (Å²) in [4.78, 5) is 2.72. The highest BCUT2D eigenvalue weighted by Gasteiger charge is 2.32. The Kier molecular flexibility index (Phi) is 4.98. The number of hydrogen-bond acceptors (Lipinski definition) is 3. The summed E-state index contributed by atoms with van der Waals surface area (Å²) in [6.45, 7) is 8.82. The van der Waals surface area contributed by atoms with Gasteiger partial charge in [0, 0.05) is 25.4 Å². The van der Waals surface area contributed by atoms with Crippen molar-refractivity contribution in [3.05, 3.63) is 0 Å². The zero-order chi connectivity index (χ0) is 11.3. The van der Waals surface area contributed by atoms with Gasteiger partial charge in [-0.05, 0) is 49.9 Å². The fourth-order valence-electron chi connectivity index (χ4n) is 3.01. The van der Waals surface area contributed by atoms with Gasteiger partial charge in [-0.15, -0.1) is 0 Å². The third-order valence-corrected chi connectivity index (χ3v) is 5.23. The van der Waals surface area contributed by atoms with Gasteiger partial charge in [0.25, 0.3) is 0 Å². The molecule has 2 heterocycles. The molecule has 0 bridgehead atoms. The fourth-order valence-corrected chi connectivity index (χ4v) is 3.93. The third kappa shape index (κ3) is 3.38. The van der Waals surface area contributed by atoms with Crippen LogP contribution in [0.1, 0.15) is 32.6 Å². The predicted octanol–water partition coefficient (Wildman–Crippen LogP) is 2.21. The second-order valence-electron chi connectivity index (χ2n) is 5.38. The summed E-state index contributed by atoms with van der Waals surface area (Å²) < 4.78 is 0. The van der Waals surface area contributed by atoms with E-state index in [4.69, 9.17) is 0 Å². The first-order chi connectivity index (χ1) is 7.85. The number of rotatable bonds is 3. The van der Waals surface area contributed by atoms with Crippen molar-refractivity contribution in [3.8, 4) is 0 Å². The summed E-state index contributed by atoms with van der Waals surface area (Å²) in [6, 6.07) is 0. The van der Waals surface area contributed by atoms with E-state index in [-0.39, 0.29) is 0 Å². The molecule has 2 saturated heterocycles. The van der Waals surface area contributed by atoms with Crippen LogP contribution in [0.3, 0.4) is 0 Å². The van der Waals surface area contributed by atoms with E-state index in [0.29, 0.717) is 5.41 Å². The molecule has 2 fully saturated rings. The van der Waals surface area contributed by atoms with Crippen molar-refractivity contribution in [2.24, 2.45) is 5.41 Å². The van der Waals surface area contributed by atoms with Gasteiger partial charge in [0.2, 0.25) is 0 Å². The Morgan fingerprint density at radius 1 is 1.25 bits per heavy atom. The van der Waals surface area contributed by atoms with E-state index in [2.05, 4.69) is 28.9 Å². The van der Waals surface area contributed by atoms with Gasteiger partial charge >= 0.3 is 0 Å². The highest BCUT2D eigenvalue weighted by molar-refractivity contribution is 7.99. The van der Waals surface area contributed by atoms with E-state index >= 15 is 0 Å². The smallest absolute Gasteiger partial charge is 0.00726 e. The summed E-state index contributed by atoms with van der Waals surface area (Å²) in [5.74, 6) is 2.71. The van der Waals surface area contributed by atoms with Gasteiger partial charge in [0.1, 0.15) is 0 Å². The minimum Gasteiger partial charge on any atom is -0.316 e. The van der Waals surface area contributed by atoms with Crippen LogP contribution in [0.2, 0.25) is 0 Å². The molecule has 2 nitrogen and oxygen atoms in total. The van der Waals surface area contributed by atoms with Gasteiger partial charge < -0.3 is 10.2 Å². The number of nitrogens with one attached hydrogen (secondary N) is 1. The van der Waals surface area contributed by atoms with Gasteiger partial charge in [-0.25, -0.2) is 0 Å². The van der Waals surface area contributed by atoms with Gasteiger partial charge in [0.15, 0.2) is 0 Å². The summed E-state index contributed by atoms with van der Waals surface area (Å²) in [5.41, 5.74) is 0.577. The van der Waals surface area contributed by atoms with Crippen molar-refractivity contribution in [2.75, 3.05) is 44.2 Å². The quantitative estimate of drug-likeness (QED) is 0.817. The third-order valence-electron chi connectivity index (χ3n) is 4.18. The molecule has 0 saturated carbocycles. The van der Waals surface area contributed by atoms with E-state index in [0.717, 1.165) is 0 Å². The van der Waals surface area contributed by atoms with Crippen molar-refractivity contribution in [1.82, 2.24) is 10.2 Å². The molecule has 1 atom stereocenters. The van der Waals surface area contributed by atoms with Gasteiger partial charge in [0.05, 0.1) is 0 Å². The lowest BCUT2D eigenvalue weighted by molar-refractivity contribution is 0.117. The summed E-state index contributed by atoms with van der Waals surface area (Å²) in [6.07, 6.45) is 5.53. The average molecular weight is 242 g/mol. The second-order valence-corrected chi connectivity index (χ2v) is 6.60. The molecule has 3 heteroatoms. The molecular formula is C13H26N2S. The molecule has 2 aliphatic heterocycles. The second kappa shape index (κ2) is 6.27. The van der Waals surface area contributed by atoms with Crippen molar-refractivity contribution >= 4 is 11.8 Å². The lowest BCUT2D eigenvalue weighted by Gasteiger charge is -2.40. The molecule has 0 aromatic carbocycles. The first kappa shape index (κ1) is 12.7. The van der Waals surface area contributed by atoms with Crippen LogP contribution in [0.25, 0.3) is 0 Å². The number of thioether (sulfide) groups is 1. The number of nitrogens with zero attached hydrogens (tertiary/aromatic N) is 1. The van der Waals surface area contributed by atoms with Crippen LogP contribution in [-0.4, -0.2) is 49.1 Å². The van der Waals surface area contributed by atoms with Crippen LogP contribution < -0.4 is 5.32 Å². The molecule has 16 heavy (non-hydrogen) atoms. The van der Waals surface area contributed by atoms with Crippen molar-refractivity contribution < 1.29 is 0 Å². The van der Waals surface area contributed by atoms with E-state index in [9.17, 15) is 0 Å². The van der Waals surface area contributed by atoms with Crippen LogP contribution in [0.4, 0.5) is 0 Å². The Morgan fingerprint density at radius 3 is 2.94 bits per heavy atom. The highest BCUT2D eigenvalue weighted by atomic mass is 32.2. The average Bonchev–Trinajstić information content (AvgIpc) is 2.59. The van der Waals surface area contributed by atoms with Crippen LogP contribution in [0, 0.1) is 5.41 Å². The summed E-state index contributed by atoms with van der Waals surface area (Å²) in [5, 5.41) is 3.60. The van der Waals surface area contributed by atoms with Crippen molar-refractivity contribution in [2.45, 2.75) is 32.6 Å². The van der Waals surface area contributed by atoms with Crippen LogP contribution in [0.15, 0.2) is 0 Å². The van der Waals surface area contributed by atoms with E-state index in [1.807, 2.05) is 0 Å². The van der Waals surface area contributed by atoms with Crippen molar-refractivity contribution in [3.63, 3.8) is 0 Å². The molecule has 94 valence electrons. The topological polar surface area (TPSA) is 15.3 Å². The maximum atomic E-state index is 3.60. The zero-order valence-corrected chi connectivity index (χ0v) is 11.5. The molecule has 1 unspecified atom stereocenters. The summed E-state index contributed by atoms with van der Waals surface area (Å²) >= 11 is 2.13. The zero-order valence-electron chi connectivity index (χ0n) is 10.6. The van der Waals surface area contributed by atoms with E-state index in [1.165, 1.54) is 69.9 Å². The largest absolute Gasteiger partial charge is 0.316 e. The number of piperidine rings is 1. The molecule has 0 aromatic rings. The molecule has 1 N–H and O–H groups in total. The minimum absolute atomic E-state index is 0.577. The maximum absolute atomic E-state index is 3.60. The molecule has 0 amide bonds. The van der Waals surface area contributed by atoms with E-state index in [1.54, 1.807) is 0 Å². The highest BCUT2D eigenvalue weighted by Crippen LogP contribution is 2.31. The Hall–Kier alpha value is 0.270. The Balaban J connectivity index is 1.88. The van der Waals surface area contributed by atoms with Crippen molar-refractivity contribution in [1.29, 1.82) is 0 Å². The molecule has 2 aliphatic rings. The monoisotopic (exact) mass is 242 g/mol. The standard InChI is InChI=1S/C13H26N2S/c1-2-13(5-3-6-14-11-13)12-15-7-4-9-16-10-8-15/h14H,2-12H2,1H3. The first-order valence-corrected chi connectivity index (χ1v) is 8.01. The predicted molar refractivity (Wildman–Crippen MR) is 73.2 cm³/mol. The molecular weight excluding hydrogens is 216 g/mol. The van der Waals surface area contributed by atoms with Crippen LogP contribution in [-0.2, 0) is 0 Å². The normalized spacial score (nSPS) is 33.6. The fraction of sp³-hybridized carbons (Fsp3) is 1.00. The van der Waals surface area contributed by atoms with Crippen LogP contribution >= 0.6 is 11.8 Å². The SMILES string of the molecule is CCC1(CN2CCCSCC2)CCCNC1.